The number of hydrogen-bond donors (Lipinski definition) is 0. The maximum Gasteiger partial charge on any atom is 0.235 e. The van der Waals surface area contributed by atoms with Crippen molar-refractivity contribution in [3.8, 4) is 28.3 Å². The Morgan fingerprint density at radius 1 is 0.600 bits per heavy atom. The van der Waals surface area contributed by atoms with Gasteiger partial charge in [-0.1, -0.05) is 117 Å². The van der Waals surface area contributed by atoms with Crippen molar-refractivity contribution in [3.05, 3.63) is 139 Å². The number of para-hydroxylation sites is 1. The summed E-state index contributed by atoms with van der Waals surface area (Å²) in [6.07, 6.45) is 0. The highest BCUT2D eigenvalue weighted by Crippen LogP contribution is 2.52. The molecule has 3 nitrogen and oxygen atoms in total. The molecular formula is C41H27N3S. The van der Waals surface area contributed by atoms with Crippen LogP contribution >= 0.6 is 11.3 Å². The predicted octanol–water partition coefficient (Wildman–Crippen LogP) is 11.1. The van der Waals surface area contributed by atoms with Crippen LogP contribution in [0.4, 0.5) is 0 Å². The van der Waals surface area contributed by atoms with Gasteiger partial charge in [-0.15, -0.1) is 11.3 Å². The van der Waals surface area contributed by atoms with Crippen molar-refractivity contribution in [2.24, 2.45) is 0 Å². The van der Waals surface area contributed by atoms with Crippen LogP contribution in [-0.4, -0.2) is 14.5 Å². The van der Waals surface area contributed by atoms with Crippen LogP contribution in [0.25, 0.3) is 81.2 Å². The highest BCUT2D eigenvalue weighted by molar-refractivity contribution is 7.26. The SMILES string of the molecule is CC1(C)c2ccccc2-c2ccc3cc4c(cc3c21)c1ccccc1n4-c1nc(-c2ccccc2)c2sc3ccccc3c2n1. The van der Waals surface area contributed by atoms with Gasteiger partial charge in [-0.25, -0.2) is 9.97 Å². The first kappa shape index (κ1) is 25.1. The molecule has 0 atom stereocenters. The summed E-state index contributed by atoms with van der Waals surface area (Å²) >= 11 is 1.77. The van der Waals surface area contributed by atoms with Crippen LogP contribution in [0.3, 0.4) is 0 Å². The summed E-state index contributed by atoms with van der Waals surface area (Å²) in [5.74, 6) is 0.698. The van der Waals surface area contributed by atoms with E-state index in [2.05, 4.69) is 146 Å². The molecule has 0 aliphatic heterocycles. The number of aromatic nitrogens is 3. The Morgan fingerprint density at radius 2 is 1.36 bits per heavy atom. The van der Waals surface area contributed by atoms with Crippen molar-refractivity contribution in [2.45, 2.75) is 19.3 Å². The van der Waals surface area contributed by atoms with Gasteiger partial charge in [0.1, 0.15) is 0 Å². The second kappa shape index (κ2) is 8.87. The van der Waals surface area contributed by atoms with Crippen molar-refractivity contribution in [3.63, 3.8) is 0 Å². The van der Waals surface area contributed by atoms with Crippen molar-refractivity contribution in [1.82, 2.24) is 14.5 Å². The average molecular weight is 594 g/mol. The molecule has 212 valence electrons. The minimum Gasteiger partial charge on any atom is -0.278 e. The fourth-order valence-corrected chi connectivity index (χ4v) is 8.92. The minimum atomic E-state index is -0.0871. The molecule has 0 N–H and O–H groups in total. The van der Waals surface area contributed by atoms with Crippen LogP contribution in [0.1, 0.15) is 25.0 Å². The van der Waals surface area contributed by atoms with E-state index in [0.29, 0.717) is 5.95 Å². The Kier molecular flexibility index (Phi) is 4.94. The lowest BCUT2D eigenvalue weighted by molar-refractivity contribution is 0.666. The number of hydrogen-bond acceptors (Lipinski definition) is 3. The molecule has 4 heteroatoms. The summed E-state index contributed by atoms with van der Waals surface area (Å²) in [5, 5.41) is 6.14. The van der Waals surface area contributed by atoms with Crippen LogP contribution < -0.4 is 0 Å². The lowest BCUT2D eigenvalue weighted by atomic mass is 9.80. The molecule has 0 spiro atoms. The lowest BCUT2D eigenvalue weighted by Crippen LogP contribution is -2.15. The van der Waals surface area contributed by atoms with Gasteiger partial charge in [0.25, 0.3) is 0 Å². The molecule has 1 aliphatic carbocycles. The standard InChI is InChI=1S/C41H27N3S/c1-41(2)32-17-9-6-14-26(32)28-21-20-25-22-34-31(23-30(25)36(28)41)27-15-7-10-18-33(27)44(34)40-42-37(24-12-4-3-5-13-24)39-38(43-40)29-16-8-11-19-35(29)45-39/h3-23H,1-2H3. The highest BCUT2D eigenvalue weighted by Gasteiger charge is 2.36. The van der Waals surface area contributed by atoms with Crippen molar-refractivity contribution >= 4 is 64.2 Å². The Morgan fingerprint density at radius 3 is 2.24 bits per heavy atom. The third-order valence-electron chi connectivity index (χ3n) is 9.78. The zero-order valence-electron chi connectivity index (χ0n) is 24.9. The molecule has 3 heterocycles. The second-order valence-electron chi connectivity index (χ2n) is 12.6. The van der Waals surface area contributed by atoms with Gasteiger partial charge >= 0.3 is 0 Å². The number of thiophene rings is 1. The molecule has 0 bridgehead atoms. The summed E-state index contributed by atoms with van der Waals surface area (Å²) in [6.45, 7) is 4.73. The first-order valence-corrected chi connectivity index (χ1v) is 16.2. The lowest BCUT2D eigenvalue weighted by Gasteiger charge is -2.23. The number of benzene rings is 6. The van der Waals surface area contributed by atoms with Crippen LogP contribution in [0, 0.1) is 0 Å². The van der Waals surface area contributed by atoms with E-state index < -0.39 is 0 Å². The monoisotopic (exact) mass is 593 g/mol. The van der Waals surface area contributed by atoms with E-state index in [9.17, 15) is 0 Å². The second-order valence-corrected chi connectivity index (χ2v) is 13.7. The van der Waals surface area contributed by atoms with Gasteiger partial charge in [-0.3, -0.25) is 4.57 Å². The van der Waals surface area contributed by atoms with Crippen LogP contribution in [-0.2, 0) is 5.41 Å². The molecule has 0 fully saturated rings. The summed E-state index contributed by atoms with van der Waals surface area (Å²) in [4.78, 5) is 10.7. The fraction of sp³-hybridized carbons (Fsp3) is 0.0732. The number of nitrogens with zero attached hydrogens (tertiary/aromatic N) is 3. The highest BCUT2D eigenvalue weighted by atomic mass is 32.1. The smallest absolute Gasteiger partial charge is 0.235 e. The summed E-state index contributed by atoms with van der Waals surface area (Å²) in [5.41, 5.74) is 10.7. The molecule has 0 saturated heterocycles. The molecule has 0 unspecified atom stereocenters. The molecule has 45 heavy (non-hydrogen) atoms. The Labute approximate surface area is 264 Å². The minimum absolute atomic E-state index is 0.0871. The van der Waals surface area contributed by atoms with Gasteiger partial charge in [0, 0.05) is 31.8 Å². The van der Waals surface area contributed by atoms with Crippen LogP contribution in [0.15, 0.2) is 127 Å². The van der Waals surface area contributed by atoms with E-state index >= 15 is 0 Å². The molecular weight excluding hydrogens is 567 g/mol. The van der Waals surface area contributed by atoms with Gasteiger partial charge in [0.15, 0.2) is 0 Å². The third kappa shape index (κ3) is 3.35. The fourth-order valence-electron chi connectivity index (χ4n) is 7.77. The van der Waals surface area contributed by atoms with E-state index in [1.54, 1.807) is 11.3 Å². The zero-order chi connectivity index (χ0) is 29.9. The molecule has 1 aliphatic rings. The topological polar surface area (TPSA) is 30.7 Å². The van der Waals surface area contributed by atoms with Crippen molar-refractivity contribution in [2.75, 3.05) is 0 Å². The normalized spacial score (nSPS) is 13.7. The average Bonchev–Trinajstić information content (AvgIpc) is 3.69. The number of rotatable bonds is 2. The van der Waals surface area contributed by atoms with Crippen molar-refractivity contribution < 1.29 is 0 Å². The van der Waals surface area contributed by atoms with E-state index in [4.69, 9.17) is 9.97 Å². The first-order valence-electron chi connectivity index (χ1n) is 15.4. The van der Waals surface area contributed by atoms with Crippen molar-refractivity contribution in [1.29, 1.82) is 0 Å². The number of fused-ring (bicyclic) bond motifs is 11. The van der Waals surface area contributed by atoms with Gasteiger partial charge in [-0.05, 0) is 57.3 Å². The summed E-state index contributed by atoms with van der Waals surface area (Å²) in [7, 11) is 0. The van der Waals surface area contributed by atoms with E-state index in [1.807, 2.05) is 0 Å². The summed E-state index contributed by atoms with van der Waals surface area (Å²) in [6, 6.07) is 46.0. The zero-order valence-corrected chi connectivity index (χ0v) is 25.7. The van der Waals surface area contributed by atoms with E-state index in [-0.39, 0.29) is 5.41 Å². The Hall–Kier alpha value is -5.32. The maximum atomic E-state index is 5.36. The quantitative estimate of drug-likeness (QED) is 0.200. The molecule has 0 amide bonds. The van der Waals surface area contributed by atoms with Gasteiger partial charge in [0.2, 0.25) is 5.95 Å². The summed E-state index contributed by atoms with van der Waals surface area (Å²) < 4.78 is 4.62. The third-order valence-corrected chi connectivity index (χ3v) is 10.9. The molecule has 6 aromatic carbocycles. The molecule has 3 aromatic heterocycles. The van der Waals surface area contributed by atoms with Gasteiger partial charge in [-0.2, -0.15) is 0 Å². The molecule has 0 radical (unpaired) electrons. The van der Waals surface area contributed by atoms with Gasteiger partial charge < -0.3 is 0 Å². The largest absolute Gasteiger partial charge is 0.278 e. The van der Waals surface area contributed by atoms with Crippen LogP contribution in [0.2, 0.25) is 0 Å². The van der Waals surface area contributed by atoms with E-state index in [0.717, 1.165) is 32.5 Å². The first-order chi connectivity index (χ1) is 22.1. The van der Waals surface area contributed by atoms with Crippen LogP contribution in [0.5, 0.6) is 0 Å². The predicted molar refractivity (Wildman–Crippen MR) is 190 cm³/mol. The van der Waals surface area contributed by atoms with E-state index in [1.165, 1.54) is 53.9 Å². The molecule has 9 aromatic rings. The molecule has 10 rings (SSSR count). The Balaban J connectivity index is 1.32. The van der Waals surface area contributed by atoms with Gasteiger partial charge in [0.05, 0.1) is 26.9 Å². The Bertz CT molecular complexity index is 2680. The molecule has 0 saturated carbocycles. The maximum absolute atomic E-state index is 5.36.